The van der Waals surface area contributed by atoms with Gasteiger partial charge in [-0.3, -0.25) is 0 Å². The molecule has 1 aliphatic carbocycles. The number of aromatic hydroxyl groups is 1. The van der Waals surface area contributed by atoms with Crippen molar-refractivity contribution in [2.24, 2.45) is 0 Å². The second-order valence-corrected chi connectivity index (χ2v) is 9.36. The fourth-order valence-corrected chi connectivity index (χ4v) is 5.83. The Morgan fingerprint density at radius 2 is 1.80 bits per heavy atom. The number of benzene rings is 1. The van der Waals surface area contributed by atoms with Crippen molar-refractivity contribution < 1.29 is 10.0 Å². The quantitative estimate of drug-likeness (QED) is 0.657. The van der Waals surface area contributed by atoms with Crippen molar-refractivity contribution in [3.63, 3.8) is 0 Å². The highest BCUT2D eigenvalue weighted by atomic mass is 32.1. The first-order chi connectivity index (χ1) is 14.8. The van der Waals surface area contributed by atoms with Gasteiger partial charge in [-0.15, -0.1) is 16.4 Å². The molecule has 0 bridgehead atoms. The van der Waals surface area contributed by atoms with Crippen molar-refractivity contribution in [2.45, 2.75) is 44.2 Å². The summed E-state index contributed by atoms with van der Waals surface area (Å²) < 4.78 is 2.14. The Kier molecular flexibility index (Phi) is 5.68. The predicted molar refractivity (Wildman–Crippen MR) is 117 cm³/mol. The molecule has 30 heavy (non-hydrogen) atoms. The topological polar surface area (TPSA) is 71.5 Å². The highest BCUT2D eigenvalue weighted by Crippen LogP contribution is 2.31. The Bertz CT molecular complexity index is 927. The van der Waals surface area contributed by atoms with Crippen molar-refractivity contribution in [1.82, 2.24) is 20.2 Å². The van der Waals surface area contributed by atoms with Crippen LogP contribution in [0.5, 0.6) is 5.75 Å². The molecular formula is C22H29N6OS+. The van der Waals surface area contributed by atoms with Gasteiger partial charge in [0.15, 0.2) is 6.04 Å². The van der Waals surface area contributed by atoms with Gasteiger partial charge in [0.25, 0.3) is 0 Å². The van der Waals surface area contributed by atoms with Crippen molar-refractivity contribution >= 4 is 17.0 Å². The molecule has 1 aliphatic heterocycles. The van der Waals surface area contributed by atoms with E-state index in [4.69, 9.17) is 0 Å². The van der Waals surface area contributed by atoms with Gasteiger partial charge in [0.1, 0.15) is 5.75 Å². The fourth-order valence-electron chi connectivity index (χ4n) is 4.95. The van der Waals surface area contributed by atoms with Crippen LogP contribution < -0.4 is 9.80 Å². The molecular weight excluding hydrogens is 396 g/mol. The van der Waals surface area contributed by atoms with Crippen molar-refractivity contribution in [3.8, 4) is 5.75 Å². The van der Waals surface area contributed by atoms with Crippen LogP contribution in [-0.2, 0) is 0 Å². The number of nitrogens with one attached hydrogen (secondary N) is 1. The van der Waals surface area contributed by atoms with Gasteiger partial charge in [-0.1, -0.05) is 25.3 Å². The summed E-state index contributed by atoms with van der Waals surface area (Å²) in [5.41, 5.74) is 1.17. The molecule has 0 unspecified atom stereocenters. The van der Waals surface area contributed by atoms with Gasteiger partial charge >= 0.3 is 0 Å². The number of piperazine rings is 1. The zero-order chi connectivity index (χ0) is 20.3. The van der Waals surface area contributed by atoms with E-state index in [2.05, 4.69) is 42.6 Å². The summed E-state index contributed by atoms with van der Waals surface area (Å²) >= 11 is 1.81. The number of hydrogen-bond donors (Lipinski definition) is 2. The largest absolute Gasteiger partial charge is 0.508 e. The minimum Gasteiger partial charge on any atom is -0.508 e. The van der Waals surface area contributed by atoms with Gasteiger partial charge < -0.3 is 14.9 Å². The Morgan fingerprint density at radius 1 is 1.03 bits per heavy atom. The first-order valence-corrected chi connectivity index (χ1v) is 11.9. The van der Waals surface area contributed by atoms with E-state index in [1.54, 1.807) is 23.5 Å². The second-order valence-electron chi connectivity index (χ2n) is 8.38. The molecule has 2 N–H and O–H groups in total. The van der Waals surface area contributed by atoms with Crippen molar-refractivity contribution in [2.75, 3.05) is 31.1 Å². The van der Waals surface area contributed by atoms with Gasteiger partial charge in [-0.2, -0.15) is 0 Å². The molecule has 0 spiro atoms. The number of quaternary nitrogens is 1. The number of nitrogens with zero attached hydrogens (tertiary/aromatic N) is 5. The van der Waals surface area contributed by atoms with E-state index in [1.807, 2.05) is 12.1 Å². The van der Waals surface area contributed by atoms with Gasteiger partial charge in [-0.05, 0) is 59.0 Å². The van der Waals surface area contributed by atoms with Crippen LogP contribution in [0.3, 0.4) is 0 Å². The van der Waals surface area contributed by atoms with Gasteiger partial charge in [0.05, 0.1) is 37.1 Å². The van der Waals surface area contributed by atoms with Gasteiger partial charge in [0.2, 0.25) is 5.82 Å². The molecule has 0 amide bonds. The third-order valence-corrected chi connectivity index (χ3v) is 7.49. The molecule has 8 heteroatoms. The Hall–Kier alpha value is -2.45. The minimum absolute atomic E-state index is 0.184. The first kappa shape index (κ1) is 19.5. The summed E-state index contributed by atoms with van der Waals surface area (Å²) in [7, 11) is 0. The van der Waals surface area contributed by atoms with Gasteiger partial charge in [0, 0.05) is 5.69 Å². The van der Waals surface area contributed by atoms with Crippen LogP contribution in [0.1, 0.15) is 54.9 Å². The Morgan fingerprint density at radius 3 is 2.50 bits per heavy atom. The summed E-state index contributed by atoms with van der Waals surface area (Å²) in [6.45, 7) is 4.02. The summed E-state index contributed by atoms with van der Waals surface area (Å²) in [4.78, 5) is 5.27. The maximum Gasteiger partial charge on any atom is 0.215 e. The summed E-state index contributed by atoms with van der Waals surface area (Å²) in [5, 5.41) is 24.8. The van der Waals surface area contributed by atoms with Crippen LogP contribution in [0, 0.1) is 0 Å². The van der Waals surface area contributed by atoms with Crippen LogP contribution in [0.4, 0.5) is 5.69 Å². The molecule has 1 atom stereocenters. The molecule has 2 aliphatic rings. The molecule has 2 fully saturated rings. The lowest BCUT2D eigenvalue weighted by Crippen LogP contribution is -3.15. The van der Waals surface area contributed by atoms with Crippen LogP contribution in [0.25, 0.3) is 0 Å². The second kappa shape index (κ2) is 8.73. The van der Waals surface area contributed by atoms with E-state index in [9.17, 15) is 5.11 Å². The van der Waals surface area contributed by atoms with E-state index >= 15 is 0 Å². The summed E-state index contributed by atoms with van der Waals surface area (Å²) in [6, 6.07) is 12.5. The Balaban J connectivity index is 1.38. The average molecular weight is 426 g/mol. The van der Waals surface area contributed by atoms with E-state index in [0.717, 1.165) is 32.0 Å². The van der Waals surface area contributed by atoms with E-state index < -0.39 is 0 Å². The van der Waals surface area contributed by atoms with Crippen LogP contribution >= 0.6 is 11.3 Å². The molecule has 5 rings (SSSR count). The Labute approximate surface area is 180 Å². The van der Waals surface area contributed by atoms with Crippen LogP contribution in [0.2, 0.25) is 0 Å². The lowest BCUT2D eigenvalue weighted by molar-refractivity contribution is -0.926. The number of tetrazole rings is 1. The highest BCUT2D eigenvalue weighted by Gasteiger charge is 2.36. The normalized spacial score (nSPS) is 19.8. The number of hydrogen-bond acceptors (Lipinski definition) is 6. The maximum absolute atomic E-state index is 9.57. The van der Waals surface area contributed by atoms with E-state index in [0.29, 0.717) is 11.8 Å². The number of phenolic OH excluding ortho intramolecular Hbond substituents is 1. The van der Waals surface area contributed by atoms with Crippen LogP contribution in [-0.4, -0.2) is 51.5 Å². The highest BCUT2D eigenvalue weighted by molar-refractivity contribution is 7.10. The third-order valence-electron chi connectivity index (χ3n) is 6.55. The van der Waals surface area contributed by atoms with E-state index in [-0.39, 0.29) is 6.04 Å². The van der Waals surface area contributed by atoms with E-state index in [1.165, 1.54) is 47.6 Å². The zero-order valence-corrected chi connectivity index (χ0v) is 18.0. The summed E-state index contributed by atoms with van der Waals surface area (Å²) in [6.07, 6.45) is 6.22. The monoisotopic (exact) mass is 425 g/mol. The molecule has 1 aromatic carbocycles. The molecule has 3 heterocycles. The molecule has 1 saturated heterocycles. The fraction of sp³-hybridized carbons (Fsp3) is 0.500. The van der Waals surface area contributed by atoms with Crippen molar-refractivity contribution in [3.05, 3.63) is 52.5 Å². The third kappa shape index (κ3) is 3.94. The molecule has 2 aromatic heterocycles. The molecule has 158 valence electrons. The summed E-state index contributed by atoms with van der Waals surface area (Å²) in [5.74, 6) is 1.34. The smallest absolute Gasteiger partial charge is 0.215 e. The average Bonchev–Trinajstić information content (AvgIpc) is 3.49. The number of phenols is 1. The molecule has 0 radical (unpaired) electrons. The SMILES string of the molecule is Oc1ccc(N2CC[NH+]([C@H](c3cccs3)c3nnnn3C3CCCCC3)CC2)cc1. The standard InChI is InChI=1S/C22H28N6OS/c29-19-10-8-17(9-11-19)26-12-14-27(15-13-26)21(20-7-4-16-30-20)22-23-24-25-28(22)18-5-2-1-3-6-18/h4,7-11,16,18,21,29H,1-3,5-6,12-15H2/p+1/t21-/m1/s1. The molecule has 7 nitrogen and oxygen atoms in total. The lowest BCUT2D eigenvalue weighted by atomic mass is 9.95. The number of anilines is 1. The number of rotatable bonds is 5. The van der Waals surface area contributed by atoms with Crippen LogP contribution in [0.15, 0.2) is 41.8 Å². The molecule has 3 aromatic rings. The number of thiophene rings is 1. The maximum atomic E-state index is 9.57. The van der Waals surface area contributed by atoms with Crippen molar-refractivity contribution in [1.29, 1.82) is 0 Å². The lowest BCUT2D eigenvalue weighted by Gasteiger charge is -2.37. The first-order valence-electron chi connectivity index (χ1n) is 11.0. The predicted octanol–water partition coefficient (Wildman–Crippen LogP) is 2.44. The zero-order valence-electron chi connectivity index (χ0n) is 17.2. The van der Waals surface area contributed by atoms with Gasteiger partial charge in [-0.25, -0.2) is 4.68 Å². The minimum atomic E-state index is 0.184. The molecule has 1 saturated carbocycles. The number of aromatic nitrogens is 4.